The molecule has 0 spiro atoms. The standard InChI is InChI=1S/C14H15F2N3O2/c15-11-6-13(12(16)5-8(11)7-17)18-9-1-3-10(4-2-9)19-14(20)21/h5-6,9-10,18-19H,1-4H2,(H,20,21)/t9-,10-. The van der Waals surface area contributed by atoms with Gasteiger partial charge in [-0.25, -0.2) is 13.6 Å². The molecular formula is C14H15F2N3O2. The molecule has 0 radical (unpaired) electrons. The number of carboxylic acid groups (broad SMARTS) is 1. The molecular weight excluding hydrogens is 280 g/mol. The Morgan fingerprint density at radius 2 is 1.81 bits per heavy atom. The zero-order chi connectivity index (χ0) is 15.4. The van der Waals surface area contributed by atoms with Crippen molar-refractivity contribution >= 4 is 11.8 Å². The zero-order valence-corrected chi connectivity index (χ0v) is 11.2. The number of rotatable bonds is 3. The molecule has 0 aromatic heterocycles. The molecule has 2 rings (SSSR count). The first-order valence-corrected chi connectivity index (χ1v) is 6.64. The highest BCUT2D eigenvalue weighted by molar-refractivity contribution is 5.64. The Morgan fingerprint density at radius 3 is 2.38 bits per heavy atom. The maximum absolute atomic E-state index is 13.8. The van der Waals surface area contributed by atoms with Gasteiger partial charge in [0.05, 0.1) is 11.3 Å². The number of nitrogens with zero attached hydrogens (tertiary/aromatic N) is 1. The summed E-state index contributed by atoms with van der Waals surface area (Å²) in [5.74, 6) is -1.43. The van der Waals surface area contributed by atoms with E-state index in [-0.39, 0.29) is 23.3 Å². The average molecular weight is 295 g/mol. The summed E-state index contributed by atoms with van der Waals surface area (Å²) in [6, 6.07) is 3.30. The molecule has 0 heterocycles. The minimum atomic E-state index is -1.05. The van der Waals surface area contributed by atoms with E-state index in [1.54, 1.807) is 6.07 Å². The number of nitrogens with one attached hydrogen (secondary N) is 2. The molecule has 1 fully saturated rings. The van der Waals surface area contributed by atoms with Gasteiger partial charge in [0.2, 0.25) is 0 Å². The molecule has 3 N–H and O–H groups in total. The molecule has 1 saturated carbocycles. The van der Waals surface area contributed by atoms with E-state index in [9.17, 15) is 13.6 Å². The van der Waals surface area contributed by atoms with Gasteiger partial charge in [-0.3, -0.25) is 0 Å². The third-order valence-electron chi connectivity index (χ3n) is 3.59. The predicted molar refractivity (Wildman–Crippen MR) is 71.9 cm³/mol. The highest BCUT2D eigenvalue weighted by atomic mass is 19.1. The fourth-order valence-electron chi connectivity index (χ4n) is 2.52. The Morgan fingerprint density at radius 1 is 1.19 bits per heavy atom. The average Bonchev–Trinajstić information content (AvgIpc) is 2.44. The molecule has 1 aromatic rings. The van der Waals surface area contributed by atoms with Gasteiger partial charge in [0, 0.05) is 18.2 Å². The topological polar surface area (TPSA) is 85.2 Å². The molecule has 21 heavy (non-hydrogen) atoms. The van der Waals surface area contributed by atoms with Gasteiger partial charge in [0.15, 0.2) is 0 Å². The Labute approximate surface area is 120 Å². The molecule has 0 bridgehead atoms. The maximum atomic E-state index is 13.8. The summed E-state index contributed by atoms with van der Waals surface area (Å²) in [4.78, 5) is 10.5. The lowest BCUT2D eigenvalue weighted by Crippen LogP contribution is -2.39. The van der Waals surface area contributed by atoms with Gasteiger partial charge in [-0.15, -0.1) is 0 Å². The first-order valence-electron chi connectivity index (χ1n) is 6.64. The molecule has 1 amide bonds. The maximum Gasteiger partial charge on any atom is 0.404 e. The summed E-state index contributed by atoms with van der Waals surface area (Å²) in [5, 5.41) is 22.6. The van der Waals surface area contributed by atoms with Crippen molar-refractivity contribution in [2.24, 2.45) is 0 Å². The van der Waals surface area contributed by atoms with Crippen LogP contribution in [0.4, 0.5) is 19.3 Å². The van der Waals surface area contributed by atoms with Gasteiger partial charge in [0.1, 0.15) is 17.7 Å². The molecule has 0 aliphatic heterocycles. The fourth-order valence-corrected chi connectivity index (χ4v) is 2.52. The van der Waals surface area contributed by atoms with Gasteiger partial charge in [-0.2, -0.15) is 5.26 Å². The van der Waals surface area contributed by atoms with E-state index in [4.69, 9.17) is 10.4 Å². The summed E-state index contributed by atoms with van der Waals surface area (Å²) in [5.41, 5.74) is -0.298. The molecule has 0 atom stereocenters. The van der Waals surface area contributed by atoms with Crippen molar-refractivity contribution in [2.75, 3.05) is 5.32 Å². The van der Waals surface area contributed by atoms with E-state index in [2.05, 4.69) is 10.6 Å². The van der Waals surface area contributed by atoms with Crippen molar-refractivity contribution in [2.45, 2.75) is 37.8 Å². The van der Waals surface area contributed by atoms with Crippen LogP contribution in [0.25, 0.3) is 0 Å². The molecule has 0 saturated heterocycles. The Kier molecular flexibility index (Phi) is 4.58. The highest BCUT2D eigenvalue weighted by Gasteiger charge is 2.23. The number of nitriles is 1. The molecule has 1 aliphatic carbocycles. The van der Waals surface area contributed by atoms with E-state index in [0.29, 0.717) is 25.7 Å². The highest BCUT2D eigenvalue weighted by Crippen LogP contribution is 2.25. The Hall–Kier alpha value is -2.36. The van der Waals surface area contributed by atoms with Crippen LogP contribution in [0.5, 0.6) is 0 Å². The van der Waals surface area contributed by atoms with Crippen molar-refractivity contribution in [1.82, 2.24) is 5.32 Å². The van der Waals surface area contributed by atoms with Crippen molar-refractivity contribution in [1.29, 1.82) is 5.26 Å². The van der Waals surface area contributed by atoms with Crippen LogP contribution in [0.1, 0.15) is 31.2 Å². The molecule has 1 aromatic carbocycles. The quantitative estimate of drug-likeness (QED) is 0.800. The van der Waals surface area contributed by atoms with Crippen molar-refractivity contribution < 1.29 is 18.7 Å². The number of halogens is 2. The summed E-state index contributed by atoms with van der Waals surface area (Å²) in [6.07, 6.45) is 1.55. The van der Waals surface area contributed by atoms with E-state index < -0.39 is 17.7 Å². The summed E-state index contributed by atoms with van der Waals surface area (Å²) in [7, 11) is 0. The van der Waals surface area contributed by atoms with Gasteiger partial charge in [-0.05, 0) is 31.7 Å². The lowest BCUT2D eigenvalue weighted by molar-refractivity contribution is 0.185. The minimum Gasteiger partial charge on any atom is -0.465 e. The van der Waals surface area contributed by atoms with Crippen LogP contribution in [0, 0.1) is 23.0 Å². The van der Waals surface area contributed by atoms with Gasteiger partial charge >= 0.3 is 6.09 Å². The lowest BCUT2D eigenvalue weighted by atomic mass is 9.91. The fraction of sp³-hybridized carbons (Fsp3) is 0.429. The van der Waals surface area contributed by atoms with Crippen molar-refractivity contribution in [3.05, 3.63) is 29.3 Å². The third kappa shape index (κ3) is 3.81. The monoisotopic (exact) mass is 295 g/mol. The third-order valence-corrected chi connectivity index (χ3v) is 3.59. The van der Waals surface area contributed by atoms with Crippen LogP contribution in [0.2, 0.25) is 0 Å². The second kappa shape index (κ2) is 6.39. The number of anilines is 1. The number of benzene rings is 1. The van der Waals surface area contributed by atoms with E-state index in [1.165, 1.54) is 0 Å². The normalized spacial score (nSPS) is 21.4. The largest absolute Gasteiger partial charge is 0.465 e. The summed E-state index contributed by atoms with van der Waals surface area (Å²) < 4.78 is 27.2. The van der Waals surface area contributed by atoms with Crippen LogP contribution in [-0.2, 0) is 0 Å². The molecule has 1 aliphatic rings. The number of carbonyl (C=O) groups is 1. The molecule has 112 valence electrons. The van der Waals surface area contributed by atoms with Crippen LogP contribution in [-0.4, -0.2) is 23.3 Å². The van der Waals surface area contributed by atoms with Gasteiger partial charge in [0.25, 0.3) is 0 Å². The number of hydrogen-bond acceptors (Lipinski definition) is 3. The van der Waals surface area contributed by atoms with E-state index in [1.807, 2.05) is 0 Å². The van der Waals surface area contributed by atoms with Crippen LogP contribution >= 0.6 is 0 Å². The van der Waals surface area contributed by atoms with Crippen LogP contribution < -0.4 is 10.6 Å². The molecule has 0 unspecified atom stereocenters. The number of hydrogen-bond donors (Lipinski definition) is 3. The SMILES string of the molecule is N#Cc1cc(F)c(N[C@H]2CC[C@H](NC(=O)O)CC2)cc1F. The Balaban J connectivity index is 1.96. The lowest BCUT2D eigenvalue weighted by Gasteiger charge is -2.29. The minimum absolute atomic E-state index is 0.0288. The molecule has 7 heteroatoms. The first-order chi connectivity index (χ1) is 9.99. The Bertz CT molecular complexity index is 578. The zero-order valence-electron chi connectivity index (χ0n) is 11.2. The molecule has 5 nitrogen and oxygen atoms in total. The van der Waals surface area contributed by atoms with Gasteiger partial charge < -0.3 is 15.7 Å². The second-order valence-corrected chi connectivity index (χ2v) is 5.07. The summed E-state index contributed by atoms with van der Waals surface area (Å²) in [6.45, 7) is 0. The van der Waals surface area contributed by atoms with Gasteiger partial charge in [-0.1, -0.05) is 0 Å². The van der Waals surface area contributed by atoms with Crippen molar-refractivity contribution in [3.8, 4) is 6.07 Å². The van der Waals surface area contributed by atoms with Crippen LogP contribution in [0.3, 0.4) is 0 Å². The number of amides is 1. The van der Waals surface area contributed by atoms with Crippen LogP contribution in [0.15, 0.2) is 12.1 Å². The first kappa shape index (κ1) is 15.0. The predicted octanol–water partition coefficient (Wildman–Crippen LogP) is 2.83. The summed E-state index contributed by atoms with van der Waals surface area (Å²) >= 11 is 0. The second-order valence-electron chi connectivity index (χ2n) is 5.07. The van der Waals surface area contributed by atoms with E-state index in [0.717, 1.165) is 12.1 Å². The van der Waals surface area contributed by atoms with Crippen molar-refractivity contribution in [3.63, 3.8) is 0 Å². The smallest absolute Gasteiger partial charge is 0.404 e. The van der Waals surface area contributed by atoms with E-state index >= 15 is 0 Å².